The highest BCUT2D eigenvalue weighted by atomic mass is 16.5. The zero-order valence-electron chi connectivity index (χ0n) is 14.2. The van der Waals surface area contributed by atoms with E-state index in [-0.39, 0.29) is 0 Å². The summed E-state index contributed by atoms with van der Waals surface area (Å²) in [5, 5.41) is 3.81. The second kappa shape index (κ2) is 7.00. The summed E-state index contributed by atoms with van der Waals surface area (Å²) in [6, 6.07) is 0.744. The van der Waals surface area contributed by atoms with Crippen LogP contribution in [0.3, 0.4) is 0 Å². The van der Waals surface area contributed by atoms with Gasteiger partial charge in [-0.2, -0.15) is 0 Å². The third kappa shape index (κ3) is 3.03. The Bertz CT molecular complexity index is 324. The van der Waals surface area contributed by atoms with Gasteiger partial charge in [0.2, 0.25) is 0 Å². The average molecular weight is 293 g/mol. The Labute approximate surface area is 131 Å². The van der Waals surface area contributed by atoms with Crippen LogP contribution in [-0.4, -0.2) is 24.8 Å². The molecule has 3 saturated carbocycles. The summed E-state index contributed by atoms with van der Waals surface area (Å²) in [4.78, 5) is 0. The number of ether oxygens (including phenoxy) is 1. The van der Waals surface area contributed by atoms with E-state index in [1.54, 1.807) is 0 Å². The Kier molecular flexibility index (Phi) is 5.27. The first-order chi connectivity index (χ1) is 10.3. The first-order valence-electron chi connectivity index (χ1n) is 9.69. The van der Waals surface area contributed by atoms with Crippen molar-refractivity contribution in [3.63, 3.8) is 0 Å². The van der Waals surface area contributed by atoms with Gasteiger partial charge in [-0.05, 0) is 51.0 Å². The predicted molar refractivity (Wildman–Crippen MR) is 88.5 cm³/mol. The lowest BCUT2D eigenvalue weighted by atomic mass is 9.60. The van der Waals surface area contributed by atoms with Crippen LogP contribution < -0.4 is 5.32 Å². The third-order valence-electron chi connectivity index (χ3n) is 6.66. The van der Waals surface area contributed by atoms with Crippen molar-refractivity contribution in [3.05, 3.63) is 0 Å². The molecule has 0 bridgehead atoms. The molecule has 3 fully saturated rings. The highest BCUT2D eigenvalue weighted by Crippen LogP contribution is 2.55. The minimum atomic E-state index is 0.505. The van der Waals surface area contributed by atoms with Crippen molar-refractivity contribution in [1.82, 2.24) is 5.32 Å². The molecule has 0 heterocycles. The number of hydrogen-bond donors (Lipinski definition) is 1. The van der Waals surface area contributed by atoms with E-state index in [0.717, 1.165) is 12.0 Å². The van der Waals surface area contributed by atoms with Crippen LogP contribution in [0.5, 0.6) is 0 Å². The van der Waals surface area contributed by atoms with E-state index >= 15 is 0 Å². The smallest absolute Gasteiger partial charge is 0.0665 e. The molecular formula is C19H35NO. The molecule has 1 N–H and O–H groups in total. The average Bonchev–Trinajstić information content (AvgIpc) is 3.03. The molecule has 0 amide bonds. The summed E-state index contributed by atoms with van der Waals surface area (Å²) in [5.74, 6) is 0.833. The van der Waals surface area contributed by atoms with E-state index in [0.29, 0.717) is 17.6 Å². The van der Waals surface area contributed by atoms with Crippen LogP contribution in [0.2, 0.25) is 0 Å². The topological polar surface area (TPSA) is 21.3 Å². The first kappa shape index (κ1) is 15.8. The van der Waals surface area contributed by atoms with Crippen molar-refractivity contribution in [2.24, 2.45) is 11.3 Å². The van der Waals surface area contributed by atoms with Crippen molar-refractivity contribution in [1.29, 1.82) is 0 Å². The Balaban J connectivity index is 1.60. The van der Waals surface area contributed by atoms with Crippen molar-refractivity contribution >= 4 is 0 Å². The zero-order valence-corrected chi connectivity index (χ0v) is 14.2. The van der Waals surface area contributed by atoms with Crippen LogP contribution in [0.25, 0.3) is 0 Å². The SMILES string of the molecule is CCCNC1CC(OC2CCCCC2CC)C12CCCC2. The van der Waals surface area contributed by atoms with Gasteiger partial charge in [0.25, 0.3) is 0 Å². The van der Waals surface area contributed by atoms with E-state index in [2.05, 4.69) is 19.2 Å². The fourth-order valence-corrected chi connectivity index (χ4v) is 5.28. The Morgan fingerprint density at radius 1 is 1.05 bits per heavy atom. The predicted octanol–water partition coefficient (Wildman–Crippen LogP) is 4.67. The quantitative estimate of drug-likeness (QED) is 0.768. The van der Waals surface area contributed by atoms with E-state index < -0.39 is 0 Å². The molecule has 2 nitrogen and oxygen atoms in total. The van der Waals surface area contributed by atoms with Gasteiger partial charge in [-0.15, -0.1) is 0 Å². The van der Waals surface area contributed by atoms with Gasteiger partial charge in [-0.1, -0.05) is 46.0 Å². The maximum absolute atomic E-state index is 6.74. The lowest BCUT2D eigenvalue weighted by Gasteiger charge is -2.56. The molecule has 3 rings (SSSR count). The molecule has 3 aliphatic rings. The Hall–Kier alpha value is -0.0800. The summed E-state index contributed by atoms with van der Waals surface area (Å²) in [6.45, 7) is 5.80. The number of hydrogen-bond acceptors (Lipinski definition) is 2. The summed E-state index contributed by atoms with van der Waals surface area (Å²) in [5.41, 5.74) is 0.505. The first-order valence-corrected chi connectivity index (χ1v) is 9.69. The molecule has 2 heteroatoms. The molecule has 0 aliphatic heterocycles. The van der Waals surface area contributed by atoms with Gasteiger partial charge < -0.3 is 10.1 Å². The maximum Gasteiger partial charge on any atom is 0.0665 e. The summed E-state index contributed by atoms with van der Waals surface area (Å²) >= 11 is 0. The Morgan fingerprint density at radius 3 is 2.52 bits per heavy atom. The van der Waals surface area contributed by atoms with E-state index in [1.165, 1.54) is 77.2 Å². The van der Waals surface area contributed by atoms with Gasteiger partial charge in [0, 0.05) is 11.5 Å². The Morgan fingerprint density at radius 2 is 1.81 bits per heavy atom. The molecule has 4 unspecified atom stereocenters. The minimum Gasteiger partial charge on any atom is -0.374 e. The highest BCUT2D eigenvalue weighted by molar-refractivity contribution is 5.10. The number of rotatable bonds is 6. The lowest BCUT2D eigenvalue weighted by Crippen LogP contribution is -2.63. The zero-order chi connectivity index (χ0) is 14.7. The fraction of sp³-hybridized carbons (Fsp3) is 1.00. The normalized spacial score (nSPS) is 38.6. The van der Waals surface area contributed by atoms with Gasteiger partial charge in [0.05, 0.1) is 12.2 Å². The second-order valence-corrected chi connectivity index (χ2v) is 7.80. The van der Waals surface area contributed by atoms with Crippen molar-refractivity contribution in [2.75, 3.05) is 6.54 Å². The van der Waals surface area contributed by atoms with Crippen LogP contribution in [0.4, 0.5) is 0 Å². The summed E-state index contributed by atoms with van der Waals surface area (Å²) in [6.07, 6.45) is 16.1. The molecule has 4 atom stereocenters. The molecule has 122 valence electrons. The molecule has 0 saturated heterocycles. The van der Waals surface area contributed by atoms with E-state index in [9.17, 15) is 0 Å². The standard InChI is InChI=1S/C19H35NO/c1-3-13-20-17-14-18(19(17)11-7-8-12-19)21-16-10-6-5-9-15(16)4-2/h15-18,20H,3-14H2,1-2H3. The van der Waals surface area contributed by atoms with Crippen LogP contribution >= 0.6 is 0 Å². The van der Waals surface area contributed by atoms with Gasteiger partial charge in [0.1, 0.15) is 0 Å². The van der Waals surface area contributed by atoms with Gasteiger partial charge in [0.15, 0.2) is 0 Å². The molecule has 0 aromatic carbocycles. The van der Waals surface area contributed by atoms with Crippen LogP contribution in [0, 0.1) is 11.3 Å². The lowest BCUT2D eigenvalue weighted by molar-refractivity contribution is -0.178. The van der Waals surface area contributed by atoms with E-state index in [1.807, 2.05) is 0 Å². The molecule has 3 aliphatic carbocycles. The van der Waals surface area contributed by atoms with Crippen molar-refractivity contribution in [2.45, 2.75) is 103 Å². The molecule has 0 radical (unpaired) electrons. The molecule has 21 heavy (non-hydrogen) atoms. The molecule has 0 aromatic rings. The van der Waals surface area contributed by atoms with E-state index in [4.69, 9.17) is 4.74 Å². The third-order valence-corrected chi connectivity index (χ3v) is 6.66. The molecule has 1 spiro atoms. The van der Waals surface area contributed by atoms with Gasteiger partial charge in [-0.3, -0.25) is 0 Å². The van der Waals surface area contributed by atoms with Crippen LogP contribution in [0.1, 0.15) is 84.5 Å². The highest BCUT2D eigenvalue weighted by Gasteiger charge is 2.57. The van der Waals surface area contributed by atoms with Crippen molar-refractivity contribution < 1.29 is 4.74 Å². The molecular weight excluding hydrogens is 258 g/mol. The summed E-state index contributed by atoms with van der Waals surface area (Å²) < 4.78 is 6.74. The molecule has 0 aromatic heterocycles. The van der Waals surface area contributed by atoms with Gasteiger partial charge >= 0.3 is 0 Å². The minimum absolute atomic E-state index is 0.505. The second-order valence-electron chi connectivity index (χ2n) is 7.80. The van der Waals surface area contributed by atoms with Crippen LogP contribution in [-0.2, 0) is 4.74 Å². The fourth-order valence-electron chi connectivity index (χ4n) is 5.28. The monoisotopic (exact) mass is 293 g/mol. The summed E-state index contributed by atoms with van der Waals surface area (Å²) in [7, 11) is 0. The largest absolute Gasteiger partial charge is 0.374 e. The number of nitrogens with one attached hydrogen (secondary N) is 1. The van der Waals surface area contributed by atoms with Crippen LogP contribution in [0.15, 0.2) is 0 Å². The van der Waals surface area contributed by atoms with Crippen molar-refractivity contribution in [3.8, 4) is 0 Å². The maximum atomic E-state index is 6.74. The van der Waals surface area contributed by atoms with Gasteiger partial charge in [-0.25, -0.2) is 0 Å².